The van der Waals surface area contributed by atoms with Gasteiger partial charge in [0.2, 0.25) is 10.0 Å². The van der Waals surface area contributed by atoms with Crippen LogP contribution in [0.5, 0.6) is 0 Å². The number of hydrogen-bond acceptors (Lipinski definition) is 5. The lowest BCUT2D eigenvalue weighted by atomic mass is 10.3. The Morgan fingerprint density at radius 3 is 2.29 bits per heavy atom. The molecule has 0 heterocycles. The van der Waals surface area contributed by atoms with Gasteiger partial charge in [-0.1, -0.05) is 13.8 Å². The predicted octanol–water partition coefficient (Wildman–Crippen LogP) is -0.145. The summed E-state index contributed by atoms with van der Waals surface area (Å²) in [6.45, 7) is 6.38. The van der Waals surface area contributed by atoms with Crippen molar-refractivity contribution in [3.8, 4) is 0 Å². The minimum atomic E-state index is -3.62. The van der Waals surface area contributed by atoms with Crippen LogP contribution < -0.4 is 10.0 Å². The Labute approximate surface area is 103 Å². The van der Waals surface area contributed by atoms with E-state index in [0.29, 0.717) is 19.0 Å². The fourth-order valence-corrected chi connectivity index (χ4v) is 2.14. The van der Waals surface area contributed by atoms with Gasteiger partial charge in [-0.15, -0.1) is 0 Å². The first-order valence-corrected chi connectivity index (χ1v) is 7.15. The Morgan fingerprint density at radius 1 is 1.24 bits per heavy atom. The van der Waals surface area contributed by atoms with Crippen molar-refractivity contribution in [3.63, 3.8) is 0 Å². The normalized spacial score (nSPS) is 13.7. The Balaban J connectivity index is 3.98. The quantitative estimate of drug-likeness (QED) is 0.472. The first-order valence-electron chi connectivity index (χ1n) is 5.61. The summed E-state index contributed by atoms with van der Waals surface area (Å²) in [4.78, 5) is 11.1. The van der Waals surface area contributed by atoms with Gasteiger partial charge in [0.15, 0.2) is 5.25 Å². The highest BCUT2D eigenvalue weighted by Crippen LogP contribution is 2.00. The van der Waals surface area contributed by atoms with E-state index in [9.17, 15) is 13.2 Å². The van der Waals surface area contributed by atoms with Gasteiger partial charge in [-0.05, 0) is 19.9 Å². The van der Waals surface area contributed by atoms with Crippen molar-refractivity contribution < 1.29 is 17.9 Å². The molecule has 0 amide bonds. The third-order valence-electron chi connectivity index (χ3n) is 2.21. The smallest absolute Gasteiger partial charge is 0.325 e. The third-order valence-corrected chi connectivity index (χ3v) is 3.94. The van der Waals surface area contributed by atoms with Gasteiger partial charge in [-0.3, -0.25) is 4.79 Å². The summed E-state index contributed by atoms with van der Waals surface area (Å²) in [5, 5.41) is 1.99. The van der Waals surface area contributed by atoms with Gasteiger partial charge in [0, 0.05) is 12.6 Å². The lowest BCUT2D eigenvalue weighted by molar-refractivity contribution is -0.139. The van der Waals surface area contributed by atoms with Crippen LogP contribution in [0.15, 0.2) is 0 Å². The summed E-state index contributed by atoms with van der Waals surface area (Å²) in [5.41, 5.74) is 0. The van der Waals surface area contributed by atoms with E-state index in [-0.39, 0.29) is 0 Å². The number of esters is 1. The molecule has 6 nitrogen and oxygen atoms in total. The van der Waals surface area contributed by atoms with Crippen molar-refractivity contribution in [3.05, 3.63) is 0 Å². The molecule has 0 aromatic rings. The van der Waals surface area contributed by atoms with Crippen LogP contribution in [-0.2, 0) is 19.6 Å². The number of hydrogen-bond donors (Lipinski definition) is 2. The number of nitrogens with one attached hydrogen (secondary N) is 2. The first kappa shape index (κ1) is 16.3. The summed E-state index contributed by atoms with van der Waals surface area (Å²) in [6, 6.07) is 0.376. The average molecular weight is 266 g/mol. The topological polar surface area (TPSA) is 84.5 Å². The zero-order chi connectivity index (χ0) is 13.5. The number of sulfonamides is 1. The number of carbonyl (C=O) groups excluding carboxylic acids is 1. The van der Waals surface area contributed by atoms with Crippen LogP contribution in [0.3, 0.4) is 0 Å². The molecule has 17 heavy (non-hydrogen) atoms. The van der Waals surface area contributed by atoms with Crippen molar-refractivity contribution >= 4 is 16.0 Å². The minimum absolute atomic E-state index is 0.309. The highest BCUT2D eigenvalue weighted by Gasteiger charge is 2.27. The Morgan fingerprint density at radius 2 is 1.82 bits per heavy atom. The fourth-order valence-electron chi connectivity index (χ4n) is 1.11. The van der Waals surface area contributed by atoms with Crippen LogP contribution in [0, 0.1) is 0 Å². The van der Waals surface area contributed by atoms with Gasteiger partial charge < -0.3 is 10.1 Å². The molecule has 0 aliphatic heterocycles. The molecule has 7 heteroatoms. The van der Waals surface area contributed by atoms with Gasteiger partial charge >= 0.3 is 5.97 Å². The molecule has 0 spiro atoms. The minimum Gasteiger partial charge on any atom is -0.468 e. The molecule has 0 rings (SSSR count). The molecule has 0 radical (unpaired) electrons. The summed E-state index contributed by atoms with van der Waals surface area (Å²) in [5.74, 6) is -0.752. The predicted molar refractivity (Wildman–Crippen MR) is 66.2 cm³/mol. The van der Waals surface area contributed by atoms with Crippen molar-refractivity contribution in [1.29, 1.82) is 0 Å². The molecule has 0 aromatic heterocycles. The molecule has 0 aliphatic rings. The number of carbonyl (C=O) groups is 1. The molecular formula is C10H22N2O4S. The zero-order valence-electron chi connectivity index (χ0n) is 10.8. The second-order valence-corrected chi connectivity index (χ2v) is 6.15. The van der Waals surface area contributed by atoms with Crippen LogP contribution in [-0.4, -0.2) is 45.9 Å². The van der Waals surface area contributed by atoms with Crippen LogP contribution in [0.25, 0.3) is 0 Å². The van der Waals surface area contributed by atoms with Gasteiger partial charge in [-0.25, -0.2) is 13.1 Å². The second kappa shape index (κ2) is 7.62. The van der Waals surface area contributed by atoms with Crippen LogP contribution in [0.1, 0.15) is 27.2 Å². The molecule has 102 valence electrons. The molecule has 0 bridgehead atoms. The van der Waals surface area contributed by atoms with E-state index in [1.807, 2.05) is 13.8 Å². The van der Waals surface area contributed by atoms with E-state index in [0.717, 1.165) is 6.54 Å². The molecule has 0 saturated carbocycles. The Bertz CT molecular complexity index is 327. The maximum atomic E-state index is 11.6. The molecular weight excluding hydrogens is 244 g/mol. The first-order chi connectivity index (χ1) is 7.81. The highest BCUT2D eigenvalue weighted by atomic mass is 32.2. The van der Waals surface area contributed by atoms with Gasteiger partial charge in [0.1, 0.15) is 0 Å². The van der Waals surface area contributed by atoms with Crippen LogP contribution >= 0.6 is 0 Å². The van der Waals surface area contributed by atoms with Crippen molar-refractivity contribution in [2.75, 3.05) is 20.2 Å². The maximum Gasteiger partial charge on any atom is 0.325 e. The van der Waals surface area contributed by atoms with Crippen molar-refractivity contribution in [2.24, 2.45) is 0 Å². The highest BCUT2D eigenvalue weighted by molar-refractivity contribution is 7.90. The van der Waals surface area contributed by atoms with Gasteiger partial charge in [0.05, 0.1) is 7.11 Å². The number of methoxy groups -OCH3 is 1. The fraction of sp³-hybridized carbons (Fsp3) is 0.900. The van der Waals surface area contributed by atoms with E-state index < -0.39 is 21.2 Å². The molecule has 1 unspecified atom stereocenters. The van der Waals surface area contributed by atoms with Gasteiger partial charge in [-0.2, -0.15) is 0 Å². The lowest BCUT2D eigenvalue weighted by Crippen LogP contribution is -2.39. The monoisotopic (exact) mass is 266 g/mol. The number of rotatable bonds is 8. The van der Waals surface area contributed by atoms with Crippen LogP contribution in [0.2, 0.25) is 0 Å². The van der Waals surface area contributed by atoms with Gasteiger partial charge in [0.25, 0.3) is 0 Å². The second-order valence-electron chi connectivity index (χ2n) is 4.07. The zero-order valence-corrected chi connectivity index (χ0v) is 11.6. The summed E-state index contributed by atoms with van der Waals surface area (Å²) >= 11 is 0. The number of ether oxygens (including phenoxy) is 1. The SMILES string of the molecule is COC(=O)C(C)S(=O)(=O)NCCCNC(C)C. The standard InChI is InChI=1S/C10H22N2O4S/c1-8(2)11-6-5-7-12-17(14,15)9(3)10(13)16-4/h8-9,11-12H,5-7H2,1-4H3. The summed E-state index contributed by atoms with van der Waals surface area (Å²) in [6.07, 6.45) is 0.672. The molecule has 2 N–H and O–H groups in total. The van der Waals surface area contributed by atoms with Crippen molar-refractivity contribution in [1.82, 2.24) is 10.0 Å². The summed E-state index contributed by atoms with van der Waals surface area (Å²) in [7, 11) is -2.46. The Kier molecular flexibility index (Phi) is 7.33. The van der Waals surface area contributed by atoms with E-state index in [2.05, 4.69) is 14.8 Å². The van der Waals surface area contributed by atoms with E-state index >= 15 is 0 Å². The molecule has 1 atom stereocenters. The molecule has 0 aromatic carbocycles. The van der Waals surface area contributed by atoms with E-state index in [1.54, 1.807) is 0 Å². The average Bonchev–Trinajstić information content (AvgIpc) is 2.25. The summed E-state index contributed by atoms with van der Waals surface area (Å²) < 4.78 is 30.0. The maximum absolute atomic E-state index is 11.6. The van der Waals surface area contributed by atoms with Crippen LogP contribution in [0.4, 0.5) is 0 Å². The molecule has 0 aliphatic carbocycles. The lowest BCUT2D eigenvalue weighted by Gasteiger charge is -2.12. The Hall–Kier alpha value is -0.660. The molecule has 0 fully saturated rings. The van der Waals surface area contributed by atoms with E-state index in [4.69, 9.17) is 0 Å². The third kappa shape index (κ3) is 6.60. The molecule has 0 saturated heterocycles. The van der Waals surface area contributed by atoms with E-state index in [1.165, 1.54) is 14.0 Å². The largest absolute Gasteiger partial charge is 0.468 e. The van der Waals surface area contributed by atoms with Crippen molar-refractivity contribution in [2.45, 2.75) is 38.5 Å².